The van der Waals surface area contributed by atoms with Crippen molar-refractivity contribution < 1.29 is 19.1 Å². The van der Waals surface area contributed by atoms with Crippen LogP contribution in [-0.2, 0) is 14.3 Å². The molecule has 19 heavy (non-hydrogen) atoms. The Hall–Kier alpha value is -1.24. The van der Waals surface area contributed by atoms with Crippen LogP contribution in [-0.4, -0.2) is 53.0 Å². The van der Waals surface area contributed by atoms with Crippen molar-refractivity contribution in [3.8, 4) is 0 Å². The molecule has 0 aromatic carbocycles. The molecule has 1 heterocycles. The van der Waals surface area contributed by atoms with Crippen molar-refractivity contribution in [2.45, 2.75) is 39.3 Å². The third kappa shape index (κ3) is 5.50. The summed E-state index contributed by atoms with van der Waals surface area (Å²) in [5.74, 6) is -0.00610. The third-order valence-corrected chi connectivity index (χ3v) is 3.43. The van der Waals surface area contributed by atoms with Crippen LogP contribution in [0, 0.1) is 0 Å². The summed E-state index contributed by atoms with van der Waals surface area (Å²) in [4.78, 5) is 36.0. The number of thioether (sulfide) groups is 1. The number of amides is 2. The minimum Gasteiger partial charge on any atom is -0.452 e. The Kier molecular flexibility index (Phi) is 6.14. The van der Waals surface area contributed by atoms with Crippen molar-refractivity contribution in [1.29, 1.82) is 0 Å². The van der Waals surface area contributed by atoms with Gasteiger partial charge in [0.1, 0.15) is 0 Å². The SMILES string of the molecule is CC(C)NC(=O)[C@@H](C)OC(=O)CCN1CCSC1=O. The van der Waals surface area contributed by atoms with Crippen LogP contribution in [0.15, 0.2) is 0 Å². The third-order valence-electron chi connectivity index (χ3n) is 2.54. The molecular formula is C12H20N2O4S. The minimum atomic E-state index is -0.807. The van der Waals surface area contributed by atoms with Crippen LogP contribution in [0.25, 0.3) is 0 Å². The molecule has 108 valence electrons. The summed E-state index contributed by atoms with van der Waals surface area (Å²) in [6.07, 6.45) is -0.690. The number of nitrogens with one attached hydrogen (secondary N) is 1. The molecule has 0 aliphatic carbocycles. The fourth-order valence-electron chi connectivity index (χ4n) is 1.57. The van der Waals surface area contributed by atoms with E-state index in [9.17, 15) is 14.4 Å². The van der Waals surface area contributed by atoms with Gasteiger partial charge in [-0.1, -0.05) is 11.8 Å². The number of nitrogens with zero attached hydrogens (tertiary/aromatic N) is 1. The first-order valence-corrected chi connectivity index (χ1v) is 7.30. The topological polar surface area (TPSA) is 75.7 Å². The maximum atomic E-state index is 11.6. The molecule has 0 aromatic rings. The molecule has 6 nitrogen and oxygen atoms in total. The van der Waals surface area contributed by atoms with Gasteiger partial charge in [-0.25, -0.2) is 0 Å². The van der Waals surface area contributed by atoms with E-state index in [1.807, 2.05) is 13.8 Å². The predicted molar refractivity (Wildman–Crippen MR) is 72.9 cm³/mol. The first-order valence-electron chi connectivity index (χ1n) is 6.31. The number of rotatable bonds is 6. The Labute approximate surface area is 117 Å². The number of esters is 1. The average Bonchev–Trinajstić information content (AvgIpc) is 2.71. The molecule has 0 spiro atoms. The Morgan fingerprint density at radius 3 is 2.63 bits per heavy atom. The van der Waals surface area contributed by atoms with Crippen LogP contribution in [0.1, 0.15) is 27.2 Å². The lowest BCUT2D eigenvalue weighted by molar-refractivity contribution is -0.155. The first kappa shape index (κ1) is 15.8. The van der Waals surface area contributed by atoms with Crippen LogP contribution in [0.4, 0.5) is 4.79 Å². The van der Waals surface area contributed by atoms with Crippen LogP contribution in [0.2, 0.25) is 0 Å². The second-order valence-corrected chi connectivity index (χ2v) is 5.69. The molecule has 0 radical (unpaired) electrons. The fourth-order valence-corrected chi connectivity index (χ4v) is 2.42. The lowest BCUT2D eigenvalue weighted by atomic mass is 10.3. The average molecular weight is 288 g/mol. The highest BCUT2D eigenvalue weighted by molar-refractivity contribution is 8.13. The summed E-state index contributed by atoms with van der Waals surface area (Å²) >= 11 is 1.25. The lowest BCUT2D eigenvalue weighted by Gasteiger charge is -2.17. The van der Waals surface area contributed by atoms with Gasteiger partial charge in [0, 0.05) is 24.9 Å². The normalized spacial score (nSPS) is 16.6. The van der Waals surface area contributed by atoms with Crippen LogP contribution in [0.3, 0.4) is 0 Å². The van der Waals surface area contributed by atoms with Crippen molar-refractivity contribution in [3.63, 3.8) is 0 Å². The van der Waals surface area contributed by atoms with Gasteiger partial charge >= 0.3 is 5.97 Å². The summed E-state index contributed by atoms with van der Waals surface area (Å²) in [5.41, 5.74) is 0. The predicted octanol–water partition coefficient (Wildman–Crippen LogP) is 1.00. The van der Waals surface area contributed by atoms with Gasteiger partial charge in [-0.15, -0.1) is 0 Å². The summed E-state index contributed by atoms with van der Waals surface area (Å²) in [7, 11) is 0. The Bertz CT molecular complexity index is 360. The molecule has 1 aliphatic rings. The van der Waals surface area contributed by atoms with Gasteiger partial charge in [-0.2, -0.15) is 0 Å². The lowest BCUT2D eigenvalue weighted by Crippen LogP contribution is -2.39. The zero-order chi connectivity index (χ0) is 14.4. The summed E-state index contributed by atoms with van der Waals surface area (Å²) in [6.45, 7) is 6.22. The van der Waals surface area contributed by atoms with E-state index >= 15 is 0 Å². The maximum Gasteiger partial charge on any atom is 0.308 e. The van der Waals surface area contributed by atoms with Crippen molar-refractivity contribution in [3.05, 3.63) is 0 Å². The van der Waals surface area contributed by atoms with E-state index in [-0.39, 0.29) is 23.6 Å². The quantitative estimate of drug-likeness (QED) is 0.738. The highest BCUT2D eigenvalue weighted by Gasteiger charge is 2.23. The Balaban J connectivity index is 2.26. The van der Waals surface area contributed by atoms with E-state index in [0.29, 0.717) is 13.1 Å². The van der Waals surface area contributed by atoms with Gasteiger partial charge in [-0.05, 0) is 20.8 Å². The van der Waals surface area contributed by atoms with E-state index < -0.39 is 12.1 Å². The Morgan fingerprint density at radius 1 is 1.42 bits per heavy atom. The molecule has 1 aliphatic heterocycles. The molecule has 1 atom stereocenters. The van der Waals surface area contributed by atoms with E-state index in [1.54, 1.807) is 4.90 Å². The number of carbonyl (C=O) groups is 3. The molecule has 0 aromatic heterocycles. The van der Waals surface area contributed by atoms with Crippen molar-refractivity contribution in [1.82, 2.24) is 10.2 Å². The van der Waals surface area contributed by atoms with Crippen molar-refractivity contribution in [2.24, 2.45) is 0 Å². The molecule has 0 saturated carbocycles. The minimum absolute atomic E-state index is 0.00148. The molecule has 0 unspecified atom stereocenters. The van der Waals surface area contributed by atoms with Gasteiger partial charge in [0.2, 0.25) is 0 Å². The van der Waals surface area contributed by atoms with Crippen LogP contribution >= 0.6 is 11.8 Å². The number of hydrogen-bond donors (Lipinski definition) is 1. The van der Waals surface area contributed by atoms with Gasteiger partial charge in [0.25, 0.3) is 11.1 Å². The number of ether oxygens (including phenoxy) is 1. The number of hydrogen-bond acceptors (Lipinski definition) is 5. The highest BCUT2D eigenvalue weighted by Crippen LogP contribution is 2.17. The molecule has 2 amide bonds. The molecular weight excluding hydrogens is 268 g/mol. The highest BCUT2D eigenvalue weighted by atomic mass is 32.2. The van der Waals surface area contributed by atoms with Gasteiger partial charge in [0.15, 0.2) is 6.10 Å². The van der Waals surface area contributed by atoms with E-state index in [1.165, 1.54) is 18.7 Å². The van der Waals surface area contributed by atoms with Crippen molar-refractivity contribution in [2.75, 3.05) is 18.8 Å². The van der Waals surface area contributed by atoms with E-state index in [4.69, 9.17) is 4.74 Å². The Morgan fingerprint density at radius 2 is 2.11 bits per heavy atom. The monoisotopic (exact) mass is 288 g/mol. The van der Waals surface area contributed by atoms with Crippen molar-refractivity contribution >= 4 is 28.9 Å². The van der Waals surface area contributed by atoms with E-state index in [2.05, 4.69) is 5.32 Å². The fraction of sp³-hybridized carbons (Fsp3) is 0.750. The van der Waals surface area contributed by atoms with E-state index in [0.717, 1.165) is 5.75 Å². The molecule has 1 fully saturated rings. The second-order valence-electron chi connectivity index (χ2n) is 4.65. The smallest absolute Gasteiger partial charge is 0.308 e. The summed E-state index contributed by atoms with van der Waals surface area (Å²) in [6, 6.07) is 0.00731. The molecule has 0 bridgehead atoms. The zero-order valence-corrected chi connectivity index (χ0v) is 12.3. The molecule has 1 saturated heterocycles. The second kappa shape index (κ2) is 7.37. The molecule has 7 heteroatoms. The number of carbonyl (C=O) groups excluding carboxylic acids is 3. The maximum absolute atomic E-state index is 11.6. The summed E-state index contributed by atoms with van der Waals surface area (Å²) in [5, 5.41) is 2.67. The standard InChI is InChI=1S/C12H20N2O4S/c1-8(2)13-11(16)9(3)18-10(15)4-5-14-6-7-19-12(14)17/h8-9H,4-7H2,1-3H3,(H,13,16)/t9-/m1/s1. The zero-order valence-electron chi connectivity index (χ0n) is 11.5. The molecule has 1 N–H and O–H groups in total. The van der Waals surface area contributed by atoms with Crippen LogP contribution < -0.4 is 5.32 Å². The van der Waals surface area contributed by atoms with Gasteiger partial charge < -0.3 is 15.0 Å². The first-order chi connectivity index (χ1) is 8.90. The van der Waals surface area contributed by atoms with Gasteiger partial charge in [-0.3, -0.25) is 14.4 Å². The molecule has 1 rings (SSSR count). The van der Waals surface area contributed by atoms with Crippen LogP contribution in [0.5, 0.6) is 0 Å². The van der Waals surface area contributed by atoms with Gasteiger partial charge in [0.05, 0.1) is 6.42 Å². The largest absolute Gasteiger partial charge is 0.452 e. The summed E-state index contributed by atoms with van der Waals surface area (Å²) < 4.78 is 5.01.